The van der Waals surface area contributed by atoms with Gasteiger partial charge in [0.05, 0.1) is 27.2 Å². The van der Waals surface area contributed by atoms with Gasteiger partial charge in [-0.2, -0.15) is 0 Å². The third-order valence-corrected chi connectivity index (χ3v) is 5.26. The first-order chi connectivity index (χ1) is 13.0. The summed E-state index contributed by atoms with van der Waals surface area (Å²) in [6, 6.07) is 11.6. The first kappa shape index (κ1) is 17.3. The molecule has 0 bridgehead atoms. The predicted molar refractivity (Wildman–Crippen MR) is 109 cm³/mol. The summed E-state index contributed by atoms with van der Waals surface area (Å²) in [6.07, 6.45) is 5.01. The predicted octanol–water partition coefficient (Wildman–Crippen LogP) is 3.73. The van der Waals surface area contributed by atoms with Crippen LogP contribution < -0.4 is 4.90 Å². The molecule has 0 aliphatic carbocycles. The van der Waals surface area contributed by atoms with Crippen molar-refractivity contribution in [1.82, 2.24) is 9.97 Å². The van der Waals surface area contributed by atoms with Crippen LogP contribution >= 0.6 is 24.0 Å². The zero-order chi connectivity index (χ0) is 19.0. The van der Waals surface area contributed by atoms with Crippen molar-refractivity contribution in [1.29, 1.82) is 0 Å². The molecule has 1 N–H and O–H groups in total. The number of amides is 1. The fraction of sp³-hybridized carbons (Fsp3) is 0. The lowest BCUT2D eigenvalue weighted by Crippen LogP contribution is -2.27. The Morgan fingerprint density at radius 3 is 2.48 bits per heavy atom. The number of hydrogen-bond acceptors (Lipinski definition) is 6. The van der Waals surface area contributed by atoms with Gasteiger partial charge in [0, 0.05) is 12.4 Å². The van der Waals surface area contributed by atoms with E-state index in [4.69, 9.17) is 17.3 Å². The van der Waals surface area contributed by atoms with Crippen LogP contribution in [0, 0.1) is 0 Å². The zero-order valence-corrected chi connectivity index (χ0v) is 15.3. The summed E-state index contributed by atoms with van der Waals surface area (Å²) < 4.78 is 0.398. The van der Waals surface area contributed by atoms with Gasteiger partial charge in [0.15, 0.2) is 4.32 Å². The largest absolute Gasteiger partial charge is 0.478 e. The number of thioether (sulfide) groups is 1. The van der Waals surface area contributed by atoms with Gasteiger partial charge in [-0.05, 0) is 48.0 Å². The highest BCUT2D eigenvalue weighted by atomic mass is 32.2. The fourth-order valence-electron chi connectivity index (χ4n) is 2.66. The zero-order valence-electron chi connectivity index (χ0n) is 13.7. The number of hydrogen-bond donors (Lipinski definition) is 1. The standard InChI is InChI=1S/C19H11N3O3S2/c23-17-16(10-11-1-6-14-15(9-11)21-8-7-20-14)27-19(26)22(17)13-4-2-12(3-5-13)18(24)25/h1-10H,(H,24,25). The minimum absolute atomic E-state index is 0.150. The molecule has 8 heteroatoms. The molecule has 1 aromatic heterocycles. The number of benzene rings is 2. The first-order valence-corrected chi connectivity index (χ1v) is 9.07. The van der Waals surface area contributed by atoms with Crippen LogP contribution in [0.25, 0.3) is 17.1 Å². The summed E-state index contributed by atoms with van der Waals surface area (Å²) in [5.41, 5.74) is 3.03. The summed E-state index contributed by atoms with van der Waals surface area (Å²) in [5.74, 6) is -1.27. The van der Waals surface area contributed by atoms with E-state index in [-0.39, 0.29) is 11.5 Å². The number of aromatic carboxylic acids is 1. The Morgan fingerprint density at radius 2 is 1.78 bits per heavy atom. The Bertz CT molecular complexity index is 1130. The van der Waals surface area contributed by atoms with Crippen LogP contribution in [-0.4, -0.2) is 31.3 Å². The van der Waals surface area contributed by atoms with Crippen LogP contribution in [0.3, 0.4) is 0 Å². The van der Waals surface area contributed by atoms with Crippen molar-refractivity contribution in [3.8, 4) is 0 Å². The second-order valence-corrected chi connectivity index (χ2v) is 7.35. The maximum atomic E-state index is 12.8. The molecule has 1 aliphatic heterocycles. The number of carboxylic acid groups (broad SMARTS) is 1. The van der Waals surface area contributed by atoms with Gasteiger partial charge in [-0.15, -0.1) is 0 Å². The average molecular weight is 393 g/mol. The highest BCUT2D eigenvalue weighted by Crippen LogP contribution is 2.36. The SMILES string of the molecule is O=C(O)c1ccc(N2C(=O)C(=Cc3ccc4nccnc4c3)SC2=S)cc1. The summed E-state index contributed by atoms with van der Waals surface area (Å²) in [6.45, 7) is 0. The number of carbonyl (C=O) groups excluding carboxylic acids is 1. The Balaban J connectivity index is 1.65. The maximum Gasteiger partial charge on any atom is 0.335 e. The van der Waals surface area contributed by atoms with E-state index in [1.807, 2.05) is 18.2 Å². The molecule has 0 spiro atoms. The van der Waals surface area contributed by atoms with Gasteiger partial charge >= 0.3 is 5.97 Å². The molecule has 2 heterocycles. The first-order valence-electron chi connectivity index (χ1n) is 7.85. The van der Waals surface area contributed by atoms with Crippen LogP contribution in [0.1, 0.15) is 15.9 Å². The number of rotatable bonds is 3. The number of anilines is 1. The molecule has 2 aromatic carbocycles. The number of aromatic nitrogens is 2. The second kappa shape index (κ2) is 6.90. The van der Waals surface area contributed by atoms with E-state index in [0.717, 1.165) is 16.6 Å². The third kappa shape index (κ3) is 3.32. The molecule has 1 saturated heterocycles. The smallest absolute Gasteiger partial charge is 0.335 e. The quantitative estimate of drug-likeness (QED) is 0.536. The van der Waals surface area contributed by atoms with Crippen LogP contribution in [0.5, 0.6) is 0 Å². The maximum absolute atomic E-state index is 12.8. The highest BCUT2D eigenvalue weighted by molar-refractivity contribution is 8.27. The molecule has 1 amide bonds. The van der Waals surface area contributed by atoms with E-state index in [9.17, 15) is 9.59 Å². The fourth-order valence-corrected chi connectivity index (χ4v) is 3.96. The molecule has 3 aromatic rings. The van der Waals surface area contributed by atoms with Crippen molar-refractivity contribution in [3.05, 3.63) is 70.9 Å². The molecule has 4 rings (SSSR count). The molecule has 1 aliphatic rings. The van der Waals surface area contributed by atoms with E-state index in [2.05, 4.69) is 9.97 Å². The van der Waals surface area contributed by atoms with Crippen molar-refractivity contribution in [3.63, 3.8) is 0 Å². The highest BCUT2D eigenvalue weighted by Gasteiger charge is 2.33. The van der Waals surface area contributed by atoms with Gasteiger partial charge in [0.1, 0.15) is 0 Å². The van der Waals surface area contributed by atoms with Crippen LogP contribution in [-0.2, 0) is 4.79 Å². The Kier molecular flexibility index (Phi) is 4.43. The van der Waals surface area contributed by atoms with Gasteiger partial charge in [0.25, 0.3) is 5.91 Å². The van der Waals surface area contributed by atoms with Crippen molar-refractivity contribution in [2.75, 3.05) is 4.90 Å². The average Bonchev–Trinajstić information content (AvgIpc) is 2.95. The second-order valence-electron chi connectivity index (χ2n) is 5.67. The molecule has 0 radical (unpaired) electrons. The molecule has 0 atom stereocenters. The number of carboxylic acids is 1. The molecule has 132 valence electrons. The van der Waals surface area contributed by atoms with Crippen molar-refractivity contribution < 1.29 is 14.7 Å². The van der Waals surface area contributed by atoms with Crippen LogP contribution in [0.4, 0.5) is 5.69 Å². The van der Waals surface area contributed by atoms with E-state index < -0.39 is 5.97 Å². The van der Waals surface area contributed by atoms with Gasteiger partial charge in [-0.1, -0.05) is 30.0 Å². The normalized spacial score (nSPS) is 15.7. The van der Waals surface area contributed by atoms with Gasteiger partial charge in [-0.25, -0.2) is 4.79 Å². The van der Waals surface area contributed by atoms with Crippen molar-refractivity contribution in [2.24, 2.45) is 0 Å². The summed E-state index contributed by atoms with van der Waals surface area (Å²) in [7, 11) is 0. The molecule has 1 fully saturated rings. The van der Waals surface area contributed by atoms with E-state index in [1.54, 1.807) is 30.6 Å². The van der Waals surface area contributed by atoms with E-state index in [1.165, 1.54) is 28.8 Å². The van der Waals surface area contributed by atoms with E-state index >= 15 is 0 Å². The van der Waals surface area contributed by atoms with Crippen LogP contribution in [0.15, 0.2) is 59.8 Å². The number of fused-ring (bicyclic) bond motifs is 1. The molecular weight excluding hydrogens is 382 g/mol. The lowest BCUT2D eigenvalue weighted by molar-refractivity contribution is -0.113. The van der Waals surface area contributed by atoms with Gasteiger partial charge < -0.3 is 5.11 Å². The molecular formula is C19H11N3O3S2. The molecule has 6 nitrogen and oxygen atoms in total. The molecule has 0 unspecified atom stereocenters. The lowest BCUT2D eigenvalue weighted by atomic mass is 10.1. The van der Waals surface area contributed by atoms with Gasteiger partial charge in [0.2, 0.25) is 0 Å². The third-order valence-electron chi connectivity index (χ3n) is 3.96. The van der Waals surface area contributed by atoms with Crippen LogP contribution in [0.2, 0.25) is 0 Å². The topological polar surface area (TPSA) is 83.4 Å². The van der Waals surface area contributed by atoms with E-state index in [0.29, 0.717) is 14.9 Å². The van der Waals surface area contributed by atoms with Gasteiger partial charge in [-0.3, -0.25) is 19.7 Å². The summed E-state index contributed by atoms with van der Waals surface area (Å²) >= 11 is 6.55. The summed E-state index contributed by atoms with van der Waals surface area (Å²) in [4.78, 5) is 34.2. The molecule has 0 saturated carbocycles. The van der Waals surface area contributed by atoms with Crippen molar-refractivity contribution in [2.45, 2.75) is 0 Å². The Labute approximate surface area is 163 Å². The molecule has 27 heavy (non-hydrogen) atoms. The monoisotopic (exact) mass is 393 g/mol. The minimum atomic E-state index is -1.02. The minimum Gasteiger partial charge on any atom is -0.478 e. The number of nitrogens with zero attached hydrogens (tertiary/aromatic N) is 3. The Hall–Kier alpha value is -3.10. The summed E-state index contributed by atoms with van der Waals surface area (Å²) in [5, 5.41) is 9.00. The Morgan fingerprint density at radius 1 is 1.07 bits per heavy atom. The lowest BCUT2D eigenvalue weighted by Gasteiger charge is -2.14. The number of carbonyl (C=O) groups is 2. The van der Waals surface area contributed by atoms with Crippen molar-refractivity contribution >= 4 is 63.0 Å². The number of thiocarbonyl (C=S) groups is 1.